The fourth-order valence-electron chi connectivity index (χ4n) is 2.79. The van der Waals surface area contributed by atoms with Crippen molar-refractivity contribution in [1.29, 1.82) is 0 Å². The molecule has 0 N–H and O–H groups in total. The summed E-state index contributed by atoms with van der Waals surface area (Å²) in [6.45, 7) is 22.8. The SMILES string of the molecule is CC(C)(C)[Si](C)(C)Cl.C[SiH](C)OC[C@H](Oc1cc(Br)cs1)C(Cc1cccnc1)C(C)(C)C. The minimum Gasteiger partial charge on any atom is -0.478 e. The van der Waals surface area contributed by atoms with Crippen molar-refractivity contribution in [1.82, 2.24) is 4.98 Å². The van der Waals surface area contributed by atoms with E-state index in [4.69, 9.17) is 20.2 Å². The monoisotopic (exact) mass is 591 g/mol. The van der Waals surface area contributed by atoms with Gasteiger partial charge in [-0.1, -0.05) is 60.7 Å². The van der Waals surface area contributed by atoms with Gasteiger partial charge in [-0.25, -0.2) is 0 Å². The molecule has 0 bridgehead atoms. The van der Waals surface area contributed by atoms with Gasteiger partial charge in [0.25, 0.3) is 0 Å². The van der Waals surface area contributed by atoms with Crippen LogP contribution in [0.4, 0.5) is 0 Å². The molecule has 2 aromatic heterocycles. The van der Waals surface area contributed by atoms with Crippen LogP contribution in [0, 0.1) is 11.3 Å². The first-order valence-electron chi connectivity index (χ1n) is 11.6. The summed E-state index contributed by atoms with van der Waals surface area (Å²) >= 11 is 11.3. The maximum absolute atomic E-state index is 6.41. The lowest BCUT2D eigenvalue weighted by atomic mass is 9.74. The molecule has 33 heavy (non-hydrogen) atoms. The number of thiophene rings is 1. The Hall–Kier alpha value is -0.186. The Bertz CT molecular complexity index is 802. The number of rotatable bonds is 8. The number of ether oxygens (including phenoxy) is 1. The third kappa shape index (κ3) is 11.9. The van der Waals surface area contributed by atoms with Crippen LogP contribution in [0.25, 0.3) is 0 Å². The van der Waals surface area contributed by atoms with E-state index in [-0.39, 0.29) is 11.5 Å². The first-order valence-corrected chi connectivity index (χ1v) is 20.1. The average Bonchev–Trinajstić information content (AvgIpc) is 3.07. The molecular weight excluding hydrogens is 550 g/mol. The van der Waals surface area contributed by atoms with Crippen LogP contribution in [0.2, 0.25) is 31.2 Å². The van der Waals surface area contributed by atoms with E-state index in [0.717, 1.165) is 16.0 Å². The Morgan fingerprint density at radius 2 is 1.79 bits per heavy atom. The van der Waals surface area contributed by atoms with Crippen molar-refractivity contribution in [2.75, 3.05) is 6.61 Å². The van der Waals surface area contributed by atoms with E-state index in [9.17, 15) is 0 Å². The standard InChI is InChI=1S/C19H28BrNO2SSi.C6H15ClSi/c1-19(2,3)16(9-14-7-6-8-21-11-14)17(12-22-25(4)5)23-18-10-15(20)13-24-18;1-6(2,3)8(4,5)7/h6-8,10-11,13,16-17,25H,9,12H2,1-5H3;1-5H3/t16?,17-;/m0./s1. The molecular formula is C25H43BrClNO2SSi2. The minimum atomic E-state index is -1.39. The van der Waals surface area contributed by atoms with Gasteiger partial charge in [-0.15, -0.1) is 11.3 Å². The Labute approximate surface area is 222 Å². The Morgan fingerprint density at radius 3 is 2.18 bits per heavy atom. The third-order valence-electron chi connectivity index (χ3n) is 5.93. The summed E-state index contributed by atoms with van der Waals surface area (Å²) in [5.41, 5.74) is 1.34. The highest BCUT2D eigenvalue weighted by molar-refractivity contribution is 9.10. The van der Waals surface area contributed by atoms with Crippen LogP contribution < -0.4 is 4.74 Å². The Morgan fingerprint density at radius 1 is 1.18 bits per heavy atom. The number of aromatic nitrogens is 1. The third-order valence-corrected chi connectivity index (χ3v) is 13.6. The van der Waals surface area contributed by atoms with Gasteiger partial charge in [0.15, 0.2) is 21.5 Å². The van der Waals surface area contributed by atoms with Gasteiger partial charge in [-0.05, 0) is 57.5 Å². The van der Waals surface area contributed by atoms with Crippen LogP contribution in [0.5, 0.6) is 5.06 Å². The summed E-state index contributed by atoms with van der Waals surface area (Å²) in [6, 6.07) is 6.18. The first-order chi connectivity index (χ1) is 15.0. The van der Waals surface area contributed by atoms with Crippen molar-refractivity contribution in [3.8, 4) is 5.06 Å². The molecule has 0 aliphatic carbocycles. The highest BCUT2D eigenvalue weighted by Gasteiger charge is 2.35. The summed E-state index contributed by atoms with van der Waals surface area (Å²) < 4.78 is 13.6. The predicted octanol–water partition coefficient (Wildman–Crippen LogP) is 8.79. The van der Waals surface area contributed by atoms with Crippen molar-refractivity contribution in [2.45, 2.75) is 85.3 Å². The second-order valence-electron chi connectivity index (χ2n) is 11.4. The van der Waals surface area contributed by atoms with Crippen molar-refractivity contribution in [3.05, 3.63) is 46.0 Å². The van der Waals surface area contributed by atoms with E-state index < -0.39 is 16.4 Å². The molecule has 0 aliphatic heterocycles. The average molecular weight is 593 g/mol. The summed E-state index contributed by atoms with van der Waals surface area (Å²) in [4.78, 5) is 4.27. The molecule has 2 rings (SSSR count). The Balaban J connectivity index is 0.000000582. The Kier molecular flexibility index (Phi) is 12.3. The molecule has 0 spiro atoms. The van der Waals surface area contributed by atoms with Gasteiger partial charge >= 0.3 is 0 Å². The fourth-order valence-corrected chi connectivity index (χ4v) is 4.68. The quantitative estimate of drug-likeness (QED) is 0.227. The van der Waals surface area contributed by atoms with E-state index >= 15 is 0 Å². The summed E-state index contributed by atoms with van der Waals surface area (Å²) in [5, 5.41) is 3.33. The summed E-state index contributed by atoms with van der Waals surface area (Å²) in [7, 11) is -2.49. The van der Waals surface area contributed by atoms with Crippen LogP contribution in [0.3, 0.4) is 0 Å². The molecule has 0 aromatic carbocycles. The topological polar surface area (TPSA) is 31.4 Å². The molecule has 0 saturated heterocycles. The van der Waals surface area contributed by atoms with Gasteiger partial charge < -0.3 is 9.16 Å². The van der Waals surface area contributed by atoms with Gasteiger partial charge in [-0.2, -0.15) is 11.1 Å². The molecule has 2 aromatic rings. The first kappa shape index (κ1) is 30.8. The molecule has 0 saturated carbocycles. The van der Waals surface area contributed by atoms with E-state index in [2.05, 4.69) is 100 Å². The van der Waals surface area contributed by atoms with Crippen LogP contribution in [0.15, 0.2) is 40.4 Å². The smallest absolute Gasteiger partial charge is 0.175 e. The van der Waals surface area contributed by atoms with Crippen molar-refractivity contribution >= 4 is 54.8 Å². The molecule has 3 nitrogen and oxygen atoms in total. The lowest BCUT2D eigenvalue weighted by molar-refractivity contribution is 0.0289. The summed E-state index contributed by atoms with van der Waals surface area (Å²) in [6.07, 6.45) is 4.72. The highest BCUT2D eigenvalue weighted by Crippen LogP contribution is 2.38. The number of pyridine rings is 1. The number of hydrogen-bond donors (Lipinski definition) is 0. The molecule has 0 radical (unpaired) electrons. The van der Waals surface area contributed by atoms with Crippen LogP contribution in [-0.2, 0) is 10.8 Å². The lowest BCUT2D eigenvalue weighted by Gasteiger charge is -2.37. The van der Waals surface area contributed by atoms with E-state index in [1.165, 1.54) is 5.56 Å². The second-order valence-corrected chi connectivity index (χ2v) is 22.9. The summed E-state index contributed by atoms with van der Waals surface area (Å²) in [5.74, 6) is 0.324. The van der Waals surface area contributed by atoms with E-state index in [1.807, 2.05) is 24.5 Å². The lowest BCUT2D eigenvalue weighted by Crippen LogP contribution is -2.41. The second kappa shape index (κ2) is 13.2. The fraction of sp³-hybridized carbons (Fsp3) is 0.640. The molecule has 188 valence electrons. The molecule has 2 heterocycles. The van der Waals surface area contributed by atoms with Crippen LogP contribution in [0.1, 0.15) is 47.1 Å². The number of hydrogen-bond acceptors (Lipinski definition) is 4. The van der Waals surface area contributed by atoms with Crippen LogP contribution >= 0.6 is 38.3 Å². The zero-order chi connectivity index (χ0) is 25.4. The zero-order valence-corrected chi connectivity index (χ0v) is 27.4. The number of halogens is 2. The molecule has 2 atom stereocenters. The van der Waals surface area contributed by atoms with Crippen molar-refractivity contribution < 1.29 is 9.16 Å². The maximum Gasteiger partial charge on any atom is 0.175 e. The number of nitrogens with zero attached hydrogens (tertiary/aromatic N) is 1. The molecule has 1 unspecified atom stereocenters. The van der Waals surface area contributed by atoms with Gasteiger partial charge in [0.05, 0.1) is 6.61 Å². The minimum absolute atomic E-state index is 0.0145. The van der Waals surface area contributed by atoms with Gasteiger partial charge in [0.2, 0.25) is 0 Å². The van der Waals surface area contributed by atoms with Crippen LogP contribution in [-0.4, -0.2) is 34.1 Å². The van der Waals surface area contributed by atoms with Gasteiger partial charge in [0, 0.05) is 34.2 Å². The van der Waals surface area contributed by atoms with Crippen molar-refractivity contribution in [2.24, 2.45) is 11.3 Å². The van der Waals surface area contributed by atoms with E-state index in [1.54, 1.807) is 11.3 Å². The largest absolute Gasteiger partial charge is 0.478 e. The zero-order valence-electron chi connectivity index (χ0n) is 22.0. The molecule has 0 fully saturated rings. The van der Waals surface area contributed by atoms with Gasteiger partial charge in [0.1, 0.15) is 6.10 Å². The van der Waals surface area contributed by atoms with E-state index in [0.29, 0.717) is 17.6 Å². The van der Waals surface area contributed by atoms with Crippen molar-refractivity contribution in [3.63, 3.8) is 0 Å². The maximum atomic E-state index is 6.41. The van der Waals surface area contributed by atoms with Gasteiger partial charge in [-0.3, -0.25) is 4.98 Å². The predicted molar refractivity (Wildman–Crippen MR) is 155 cm³/mol. The molecule has 0 amide bonds. The highest BCUT2D eigenvalue weighted by atomic mass is 79.9. The normalized spacial score (nSPS) is 14.5. The molecule has 8 heteroatoms. The molecule has 0 aliphatic rings.